The van der Waals surface area contributed by atoms with Gasteiger partial charge in [0.15, 0.2) is 0 Å². The molecule has 52 valence electrons. The molecule has 0 saturated heterocycles. The molecular weight excluding hydrogens is 122 g/mol. The molecule has 1 aromatic rings. The number of hydrogen-bond donors (Lipinski definition) is 1. The molecule has 0 fully saturated rings. The third-order valence-electron chi connectivity index (χ3n) is 1.58. The second kappa shape index (κ2) is 2.56. The third kappa shape index (κ3) is 0.903. The molecule has 1 heterocycles. The van der Waals surface area contributed by atoms with Crippen LogP contribution in [0.1, 0.15) is 16.8 Å². The van der Waals surface area contributed by atoms with Gasteiger partial charge in [-0.3, -0.25) is 0 Å². The number of aromatic nitrogens is 1. The smallest absolute Gasteiger partial charge is 0.0195 e. The fourth-order valence-electron chi connectivity index (χ4n) is 0.998. The van der Waals surface area contributed by atoms with Gasteiger partial charge in [-0.05, 0) is 12.5 Å². The van der Waals surface area contributed by atoms with Crippen LogP contribution in [0.4, 0.5) is 0 Å². The molecule has 1 nitrogen and oxygen atoms in total. The zero-order valence-electron chi connectivity index (χ0n) is 6.15. The molecule has 0 atom stereocenters. The van der Waals surface area contributed by atoms with Gasteiger partial charge in [-0.15, -0.1) is 0 Å². The lowest BCUT2D eigenvalue weighted by molar-refractivity contribution is 1.26. The van der Waals surface area contributed by atoms with Crippen molar-refractivity contribution in [2.24, 2.45) is 0 Å². The van der Waals surface area contributed by atoms with Gasteiger partial charge >= 0.3 is 0 Å². The number of hydrogen-bond acceptors (Lipinski definition) is 0. The van der Waals surface area contributed by atoms with E-state index in [-0.39, 0.29) is 0 Å². The fourth-order valence-corrected chi connectivity index (χ4v) is 0.998. The molecule has 0 spiro atoms. The summed E-state index contributed by atoms with van der Waals surface area (Å²) in [6.45, 7) is 9.41. The fraction of sp³-hybridized carbons (Fsp3) is 0.111. The predicted octanol–water partition coefficient (Wildman–Crippen LogP) is 2.61. The van der Waals surface area contributed by atoms with E-state index in [1.165, 1.54) is 0 Å². The van der Waals surface area contributed by atoms with Crippen LogP contribution in [-0.2, 0) is 0 Å². The molecular formula is C9H11N. The predicted molar refractivity (Wildman–Crippen MR) is 45.7 cm³/mol. The Bertz CT molecular complexity index is 256. The maximum Gasteiger partial charge on any atom is 0.0195 e. The molecule has 0 unspecified atom stereocenters. The molecule has 0 aliphatic carbocycles. The Kier molecular flexibility index (Phi) is 1.76. The molecule has 0 aliphatic heterocycles. The van der Waals surface area contributed by atoms with Gasteiger partial charge in [0.2, 0.25) is 0 Å². The average Bonchev–Trinajstić information content (AvgIpc) is 2.30. The summed E-state index contributed by atoms with van der Waals surface area (Å²) >= 11 is 0. The first-order valence-corrected chi connectivity index (χ1v) is 3.22. The summed E-state index contributed by atoms with van der Waals surface area (Å²) in [7, 11) is 0. The second-order valence-corrected chi connectivity index (χ2v) is 2.19. The van der Waals surface area contributed by atoms with E-state index in [9.17, 15) is 0 Å². The summed E-state index contributed by atoms with van der Waals surface area (Å²) in [5.41, 5.74) is 3.41. The van der Waals surface area contributed by atoms with Gasteiger partial charge in [0, 0.05) is 17.5 Å². The minimum atomic E-state index is 1.12. The van der Waals surface area contributed by atoms with Crippen LogP contribution < -0.4 is 0 Å². The second-order valence-electron chi connectivity index (χ2n) is 2.19. The number of aromatic amines is 1. The Labute approximate surface area is 61.1 Å². The van der Waals surface area contributed by atoms with Crippen LogP contribution in [0.3, 0.4) is 0 Å². The first-order chi connectivity index (χ1) is 4.79. The SMILES string of the molecule is C=Cc1c[nH]c(C)c1C=C. The zero-order chi connectivity index (χ0) is 7.56. The summed E-state index contributed by atoms with van der Waals surface area (Å²) in [6.07, 6.45) is 5.59. The lowest BCUT2D eigenvalue weighted by atomic mass is 10.1. The highest BCUT2D eigenvalue weighted by molar-refractivity contribution is 5.65. The number of H-pyrrole nitrogens is 1. The molecule has 1 rings (SSSR count). The molecule has 0 saturated carbocycles. The maximum absolute atomic E-state index is 3.70. The van der Waals surface area contributed by atoms with E-state index >= 15 is 0 Å². The van der Waals surface area contributed by atoms with Crippen LogP contribution in [0.5, 0.6) is 0 Å². The van der Waals surface area contributed by atoms with Gasteiger partial charge < -0.3 is 4.98 Å². The van der Waals surface area contributed by atoms with E-state index in [1.54, 1.807) is 0 Å². The minimum absolute atomic E-state index is 1.12. The summed E-state index contributed by atoms with van der Waals surface area (Å²) < 4.78 is 0. The molecule has 1 aromatic heterocycles. The highest BCUT2D eigenvalue weighted by atomic mass is 14.7. The van der Waals surface area contributed by atoms with Crippen molar-refractivity contribution >= 4 is 12.2 Å². The molecule has 0 radical (unpaired) electrons. The van der Waals surface area contributed by atoms with E-state index in [4.69, 9.17) is 0 Å². The highest BCUT2D eigenvalue weighted by Gasteiger charge is 1.98. The normalized spacial score (nSPS) is 9.30. The Morgan fingerprint density at radius 3 is 2.50 bits per heavy atom. The van der Waals surface area contributed by atoms with Gasteiger partial charge in [0.05, 0.1) is 0 Å². The van der Waals surface area contributed by atoms with Crippen LogP contribution >= 0.6 is 0 Å². The Balaban J connectivity index is 3.25. The van der Waals surface area contributed by atoms with Gasteiger partial charge in [-0.1, -0.05) is 25.3 Å². The summed E-state index contributed by atoms with van der Waals surface area (Å²) in [5, 5.41) is 0. The van der Waals surface area contributed by atoms with E-state index in [0.29, 0.717) is 0 Å². The Morgan fingerprint density at radius 1 is 1.40 bits per heavy atom. The van der Waals surface area contributed by atoms with Crippen molar-refractivity contribution in [3.8, 4) is 0 Å². The van der Waals surface area contributed by atoms with Crippen molar-refractivity contribution in [2.45, 2.75) is 6.92 Å². The quantitative estimate of drug-likeness (QED) is 0.638. The van der Waals surface area contributed by atoms with Gasteiger partial charge in [0.25, 0.3) is 0 Å². The molecule has 0 aliphatic rings. The molecule has 0 bridgehead atoms. The van der Waals surface area contributed by atoms with Crippen molar-refractivity contribution in [3.05, 3.63) is 36.2 Å². The van der Waals surface area contributed by atoms with Crippen molar-refractivity contribution in [1.82, 2.24) is 4.98 Å². The van der Waals surface area contributed by atoms with Crippen LogP contribution in [-0.4, -0.2) is 4.98 Å². The molecule has 1 N–H and O–H groups in total. The first-order valence-electron chi connectivity index (χ1n) is 3.22. The van der Waals surface area contributed by atoms with Gasteiger partial charge in [0.1, 0.15) is 0 Å². The van der Waals surface area contributed by atoms with Gasteiger partial charge in [-0.2, -0.15) is 0 Å². The van der Waals surface area contributed by atoms with Crippen LogP contribution in [0.15, 0.2) is 19.4 Å². The number of nitrogens with one attached hydrogen (secondary N) is 1. The largest absolute Gasteiger partial charge is 0.364 e. The van der Waals surface area contributed by atoms with E-state index in [2.05, 4.69) is 18.1 Å². The van der Waals surface area contributed by atoms with Crippen LogP contribution in [0, 0.1) is 6.92 Å². The van der Waals surface area contributed by atoms with Crippen molar-refractivity contribution in [3.63, 3.8) is 0 Å². The average molecular weight is 133 g/mol. The van der Waals surface area contributed by atoms with Crippen molar-refractivity contribution in [1.29, 1.82) is 0 Å². The monoisotopic (exact) mass is 133 g/mol. The third-order valence-corrected chi connectivity index (χ3v) is 1.58. The summed E-state index contributed by atoms with van der Waals surface area (Å²) in [6, 6.07) is 0. The lowest BCUT2D eigenvalue weighted by Gasteiger charge is -1.90. The summed E-state index contributed by atoms with van der Waals surface area (Å²) in [4.78, 5) is 3.10. The molecule has 0 amide bonds. The Hall–Kier alpha value is -1.24. The number of aryl methyl sites for hydroxylation is 1. The highest BCUT2D eigenvalue weighted by Crippen LogP contribution is 2.14. The Morgan fingerprint density at radius 2 is 2.10 bits per heavy atom. The van der Waals surface area contributed by atoms with E-state index in [1.807, 2.05) is 25.3 Å². The molecule has 1 heteroatoms. The maximum atomic E-state index is 3.70. The summed E-state index contributed by atoms with van der Waals surface area (Å²) in [5.74, 6) is 0. The lowest BCUT2D eigenvalue weighted by Crippen LogP contribution is -1.74. The van der Waals surface area contributed by atoms with Crippen molar-refractivity contribution in [2.75, 3.05) is 0 Å². The molecule has 10 heavy (non-hydrogen) atoms. The van der Waals surface area contributed by atoms with E-state index in [0.717, 1.165) is 16.8 Å². The number of rotatable bonds is 2. The topological polar surface area (TPSA) is 15.8 Å². The minimum Gasteiger partial charge on any atom is -0.364 e. The van der Waals surface area contributed by atoms with E-state index < -0.39 is 0 Å². The van der Waals surface area contributed by atoms with Crippen LogP contribution in [0.2, 0.25) is 0 Å². The first kappa shape index (κ1) is 6.87. The van der Waals surface area contributed by atoms with Crippen LogP contribution in [0.25, 0.3) is 12.2 Å². The zero-order valence-corrected chi connectivity index (χ0v) is 6.15. The van der Waals surface area contributed by atoms with Crippen molar-refractivity contribution < 1.29 is 0 Å². The van der Waals surface area contributed by atoms with Gasteiger partial charge in [-0.25, -0.2) is 0 Å². The standard InChI is InChI=1S/C9H11N/c1-4-8-6-10-7(3)9(8)5-2/h4-6,10H,1-2H2,3H3. The molecule has 0 aromatic carbocycles.